The van der Waals surface area contributed by atoms with E-state index in [1.807, 2.05) is 6.92 Å². The Balaban J connectivity index is 2.07. The van der Waals surface area contributed by atoms with Crippen molar-refractivity contribution in [3.8, 4) is 0 Å². The summed E-state index contributed by atoms with van der Waals surface area (Å²) in [5.41, 5.74) is 7.57. The third-order valence-electron chi connectivity index (χ3n) is 4.29. The largest absolute Gasteiger partial charge is 0.330 e. The van der Waals surface area contributed by atoms with Gasteiger partial charge in [-0.1, -0.05) is 18.9 Å². The van der Waals surface area contributed by atoms with Gasteiger partial charge in [-0.25, -0.2) is 4.39 Å². The van der Waals surface area contributed by atoms with Gasteiger partial charge in [0, 0.05) is 12.3 Å². The molecule has 1 aliphatic carbocycles. The van der Waals surface area contributed by atoms with Crippen LogP contribution >= 0.6 is 0 Å². The summed E-state index contributed by atoms with van der Waals surface area (Å²) >= 11 is 0. The number of benzene rings is 1. The Morgan fingerprint density at radius 2 is 2.11 bits per heavy atom. The third-order valence-corrected chi connectivity index (χ3v) is 4.29. The molecule has 3 heteroatoms. The first-order valence-electron chi connectivity index (χ1n) is 7.09. The van der Waals surface area contributed by atoms with E-state index in [0.717, 1.165) is 30.4 Å². The number of hydrogen-bond donors (Lipinski definition) is 1. The zero-order chi connectivity index (χ0) is 13.8. The van der Waals surface area contributed by atoms with Crippen LogP contribution in [0.2, 0.25) is 0 Å². The van der Waals surface area contributed by atoms with E-state index >= 15 is 0 Å². The number of nitrogens with two attached hydrogens (primary N) is 1. The Hall–Kier alpha value is -1.22. The van der Waals surface area contributed by atoms with Gasteiger partial charge in [0.2, 0.25) is 0 Å². The Kier molecular flexibility index (Phi) is 4.70. The summed E-state index contributed by atoms with van der Waals surface area (Å²) < 4.78 is 13.1. The molecule has 0 heterocycles. The van der Waals surface area contributed by atoms with E-state index in [1.54, 1.807) is 6.07 Å². The van der Waals surface area contributed by atoms with Gasteiger partial charge in [0.25, 0.3) is 0 Å². The predicted octanol–water partition coefficient (Wildman–Crippen LogP) is 3.01. The Labute approximate surface area is 114 Å². The summed E-state index contributed by atoms with van der Waals surface area (Å²) in [5.74, 6) is 0.460. The molecule has 1 aromatic carbocycles. The van der Waals surface area contributed by atoms with E-state index in [9.17, 15) is 9.18 Å². The second-order valence-electron chi connectivity index (χ2n) is 5.60. The van der Waals surface area contributed by atoms with Crippen molar-refractivity contribution in [2.24, 2.45) is 17.6 Å². The summed E-state index contributed by atoms with van der Waals surface area (Å²) in [7, 11) is 0. The minimum absolute atomic E-state index is 0.100. The number of carbonyl (C=O) groups excluding carboxylic acids is 1. The van der Waals surface area contributed by atoms with Crippen molar-refractivity contribution in [2.45, 2.75) is 39.0 Å². The van der Waals surface area contributed by atoms with Gasteiger partial charge in [0.15, 0.2) is 0 Å². The number of Topliss-reactive ketones (excluding diaryl/α,β-unsaturated/α-hetero) is 1. The zero-order valence-corrected chi connectivity index (χ0v) is 11.5. The van der Waals surface area contributed by atoms with Gasteiger partial charge in [-0.3, -0.25) is 4.79 Å². The lowest BCUT2D eigenvalue weighted by Gasteiger charge is -2.29. The number of rotatable bonds is 4. The van der Waals surface area contributed by atoms with Crippen molar-refractivity contribution in [1.82, 2.24) is 0 Å². The maximum absolute atomic E-state index is 13.1. The first-order valence-corrected chi connectivity index (χ1v) is 7.09. The highest BCUT2D eigenvalue weighted by atomic mass is 19.1. The molecule has 104 valence electrons. The van der Waals surface area contributed by atoms with Crippen molar-refractivity contribution in [1.29, 1.82) is 0 Å². The highest BCUT2D eigenvalue weighted by molar-refractivity contribution is 5.84. The summed E-state index contributed by atoms with van der Waals surface area (Å²) in [5, 5.41) is 0. The lowest BCUT2D eigenvalue weighted by atomic mass is 9.75. The normalized spacial score (nSPS) is 23.3. The van der Waals surface area contributed by atoms with Gasteiger partial charge < -0.3 is 5.73 Å². The van der Waals surface area contributed by atoms with Crippen LogP contribution in [0.3, 0.4) is 0 Å². The van der Waals surface area contributed by atoms with Crippen LogP contribution in [0.25, 0.3) is 0 Å². The van der Waals surface area contributed by atoms with E-state index in [4.69, 9.17) is 5.73 Å². The maximum Gasteiger partial charge on any atom is 0.140 e. The van der Waals surface area contributed by atoms with Gasteiger partial charge in [0.05, 0.1) is 0 Å². The monoisotopic (exact) mass is 263 g/mol. The summed E-state index contributed by atoms with van der Waals surface area (Å²) in [6, 6.07) is 4.64. The van der Waals surface area contributed by atoms with E-state index in [0.29, 0.717) is 18.9 Å². The van der Waals surface area contributed by atoms with Crippen LogP contribution in [-0.2, 0) is 11.2 Å². The minimum atomic E-state index is -0.244. The molecule has 1 aromatic rings. The fourth-order valence-electron chi connectivity index (χ4n) is 3.09. The molecular formula is C16H22FNO. The van der Waals surface area contributed by atoms with Crippen molar-refractivity contribution < 1.29 is 9.18 Å². The lowest BCUT2D eigenvalue weighted by molar-refractivity contribution is -0.124. The van der Waals surface area contributed by atoms with Crippen LogP contribution in [-0.4, -0.2) is 12.3 Å². The molecule has 1 saturated carbocycles. The molecule has 2 rings (SSSR count). The molecule has 19 heavy (non-hydrogen) atoms. The molecule has 0 bridgehead atoms. The first-order chi connectivity index (χ1) is 9.11. The SMILES string of the molecule is Cc1cc(F)ccc1CC(=O)C1CCCCC1CN. The summed E-state index contributed by atoms with van der Waals surface area (Å²) in [6.07, 6.45) is 4.74. The predicted molar refractivity (Wildman–Crippen MR) is 74.4 cm³/mol. The standard InChI is InChI=1S/C16H22FNO/c1-11-8-14(17)7-6-12(11)9-16(19)15-5-3-2-4-13(15)10-18/h6-8,13,15H,2-5,9-10,18H2,1H3. The number of ketones is 1. The smallest absolute Gasteiger partial charge is 0.140 e. The summed E-state index contributed by atoms with van der Waals surface area (Å²) in [6.45, 7) is 2.45. The second-order valence-corrected chi connectivity index (χ2v) is 5.60. The van der Waals surface area contributed by atoms with Gasteiger partial charge in [-0.05, 0) is 55.5 Å². The molecular weight excluding hydrogens is 241 g/mol. The molecule has 2 unspecified atom stereocenters. The van der Waals surface area contributed by atoms with E-state index in [2.05, 4.69) is 0 Å². The van der Waals surface area contributed by atoms with Crippen LogP contribution in [0.1, 0.15) is 36.8 Å². The van der Waals surface area contributed by atoms with Crippen LogP contribution in [0, 0.1) is 24.6 Å². The van der Waals surface area contributed by atoms with Crippen LogP contribution in [0.15, 0.2) is 18.2 Å². The van der Waals surface area contributed by atoms with Crippen molar-refractivity contribution >= 4 is 5.78 Å². The average Bonchev–Trinajstić information content (AvgIpc) is 2.41. The van der Waals surface area contributed by atoms with Crippen LogP contribution < -0.4 is 5.73 Å². The highest BCUT2D eigenvalue weighted by Gasteiger charge is 2.29. The first kappa shape index (κ1) is 14.2. The number of halogens is 1. The molecule has 0 radical (unpaired) electrons. The van der Waals surface area contributed by atoms with Gasteiger partial charge >= 0.3 is 0 Å². The molecule has 1 aliphatic rings. The van der Waals surface area contributed by atoms with E-state index in [-0.39, 0.29) is 17.5 Å². The zero-order valence-electron chi connectivity index (χ0n) is 11.5. The quantitative estimate of drug-likeness (QED) is 0.907. The second kappa shape index (κ2) is 6.29. The average molecular weight is 263 g/mol. The molecule has 2 N–H and O–H groups in total. The van der Waals surface area contributed by atoms with Gasteiger partial charge in [-0.2, -0.15) is 0 Å². The molecule has 0 amide bonds. The molecule has 0 aromatic heterocycles. The van der Waals surface area contributed by atoms with Crippen molar-refractivity contribution in [2.75, 3.05) is 6.54 Å². The van der Waals surface area contributed by atoms with Crippen LogP contribution in [0.5, 0.6) is 0 Å². The van der Waals surface area contributed by atoms with Crippen LogP contribution in [0.4, 0.5) is 4.39 Å². The van der Waals surface area contributed by atoms with Crippen molar-refractivity contribution in [3.05, 3.63) is 35.1 Å². The molecule has 0 saturated heterocycles. The van der Waals surface area contributed by atoms with Gasteiger partial charge in [0.1, 0.15) is 11.6 Å². The Morgan fingerprint density at radius 3 is 2.79 bits per heavy atom. The highest BCUT2D eigenvalue weighted by Crippen LogP contribution is 2.31. The molecule has 2 atom stereocenters. The number of hydrogen-bond acceptors (Lipinski definition) is 2. The fraction of sp³-hybridized carbons (Fsp3) is 0.562. The minimum Gasteiger partial charge on any atom is -0.330 e. The molecule has 1 fully saturated rings. The number of carbonyl (C=O) groups is 1. The molecule has 2 nitrogen and oxygen atoms in total. The van der Waals surface area contributed by atoms with E-state index < -0.39 is 0 Å². The Bertz CT molecular complexity index is 458. The summed E-state index contributed by atoms with van der Waals surface area (Å²) in [4.78, 5) is 12.4. The van der Waals surface area contributed by atoms with Gasteiger partial charge in [-0.15, -0.1) is 0 Å². The van der Waals surface area contributed by atoms with Crippen molar-refractivity contribution in [3.63, 3.8) is 0 Å². The topological polar surface area (TPSA) is 43.1 Å². The Morgan fingerprint density at radius 1 is 1.37 bits per heavy atom. The maximum atomic E-state index is 13.1. The third kappa shape index (κ3) is 3.41. The molecule has 0 spiro atoms. The fourth-order valence-corrected chi connectivity index (χ4v) is 3.09. The number of aryl methyl sites for hydroxylation is 1. The molecule has 0 aliphatic heterocycles. The van der Waals surface area contributed by atoms with E-state index in [1.165, 1.54) is 18.6 Å². The lowest BCUT2D eigenvalue weighted by Crippen LogP contribution is -2.33.